The Hall–Kier alpha value is -2.10. The van der Waals surface area contributed by atoms with Gasteiger partial charge in [0.05, 0.1) is 4.92 Å². The third-order valence-electron chi connectivity index (χ3n) is 2.81. The maximum Gasteiger partial charge on any atom is 0.235 e. The molecule has 0 spiro atoms. The number of nitrogens with zero attached hydrogens (tertiary/aromatic N) is 2. The van der Waals surface area contributed by atoms with E-state index in [9.17, 15) is 10.1 Å². The number of hydrogen-bond donors (Lipinski definition) is 0. The van der Waals surface area contributed by atoms with Gasteiger partial charge in [0.1, 0.15) is 0 Å². The van der Waals surface area contributed by atoms with Gasteiger partial charge in [-0.25, -0.2) is 0 Å². The van der Waals surface area contributed by atoms with Crippen LogP contribution in [0.5, 0.6) is 0 Å². The average molecular weight is 216 g/mol. The van der Waals surface area contributed by atoms with Crippen LogP contribution in [-0.4, -0.2) is 9.49 Å². The monoisotopic (exact) mass is 216 g/mol. The highest BCUT2D eigenvalue weighted by Crippen LogP contribution is 2.25. The molecule has 0 N–H and O–H groups in total. The van der Waals surface area contributed by atoms with E-state index < -0.39 is 4.92 Å². The van der Waals surface area contributed by atoms with Crippen molar-refractivity contribution in [3.63, 3.8) is 0 Å². The van der Waals surface area contributed by atoms with Crippen LogP contribution in [0.1, 0.15) is 11.3 Å². The minimum absolute atomic E-state index is 0.443. The van der Waals surface area contributed by atoms with Crippen LogP contribution in [-0.2, 0) is 7.05 Å². The fourth-order valence-corrected chi connectivity index (χ4v) is 1.90. The van der Waals surface area contributed by atoms with E-state index in [4.69, 9.17) is 0 Å². The molecule has 4 nitrogen and oxygen atoms in total. The molecule has 0 fully saturated rings. The smallest absolute Gasteiger partial charge is 0.235 e. The van der Waals surface area contributed by atoms with Crippen LogP contribution in [0.15, 0.2) is 30.5 Å². The summed E-state index contributed by atoms with van der Waals surface area (Å²) < 4.78 is 2.04. The summed E-state index contributed by atoms with van der Waals surface area (Å²) in [4.78, 5) is 9.90. The Labute approximate surface area is 93.0 Å². The molecule has 82 valence electrons. The topological polar surface area (TPSA) is 48.1 Å². The molecule has 0 radical (unpaired) electrons. The fraction of sp³-hybridized carbons (Fsp3) is 0.167. The Morgan fingerprint density at radius 2 is 2.06 bits per heavy atom. The first-order valence-corrected chi connectivity index (χ1v) is 4.97. The molecule has 2 aromatic rings. The van der Waals surface area contributed by atoms with Crippen molar-refractivity contribution in [1.82, 2.24) is 4.57 Å². The Balaban J connectivity index is 2.69. The fourth-order valence-electron chi connectivity index (χ4n) is 1.90. The molecule has 0 aliphatic carbocycles. The maximum absolute atomic E-state index is 10.3. The van der Waals surface area contributed by atoms with Crippen molar-refractivity contribution in [1.29, 1.82) is 0 Å². The molecule has 1 aromatic heterocycles. The van der Waals surface area contributed by atoms with Crippen molar-refractivity contribution in [3.8, 4) is 0 Å². The van der Waals surface area contributed by atoms with E-state index in [2.05, 4.69) is 0 Å². The van der Waals surface area contributed by atoms with Crippen molar-refractivity contribution in [2.24, 2.45) is 7.05 Å². The number of fused-ring (bicyclic) bond motifs is 1. The predicted octanol–water partition coefficient (Wildman–Crippen LogP) is 2.73. The van der Waals surface area contributed by atoms with Gasteiger partial charge >= 0.3 is 0 Å². The first-order valence-electron chi connectivity index (χ1n) is 4.97. The van der Waals surface area contributed by atoms with Gasteiger partial charge in [-0.15, -0.1) is 0 Å². The highest BCUT2D eigenvalue weighted by Gasteiger charge is 2.09. The van der Waals surface area contributed by atoms with Gasteiger partial charge in [-0.1, -0.05) is 18.2 Å². The quantitative estimate of drug-likeness (QED) is 0.572. The maximum atomic E-state index is 10.3. The Bertz CT molecular complexity index is 582. The molecule has 2 rings (SSSR count). The Morgan fingerprint density at radius 3 is 2.75 bits per heavy atom. The first-order chi connectivity index (χ1) is 7.61. The van der Waals surface area contributed by atoms with Crippen molar-refractivity contribution in [2.75, 3.05) is 0 Å². The minimum Gasteiger partial charge on any atom is -0.347 e. The lowest BCUT2D eigenvalue weighted by molar-refractivity contribution is -0.400. The van der Waals surface area contributed by atoms with Gasteiger partial charge in [-0.3, -0.25) is 10.1 Å². The van der Waals surface area contributed by atoms with Crippen LogP contribution in [0.3, 0.4) is 0 Å². The Kier molecular flexibility index (Phi) is 2.48. The molecule has 4 heteroatoms. The molecule has 0 aliphatic rings. The van der Waals surface area contributed by atoms with Crippen LogP contribution in [0.2, 0.25) is 0 Å². The van der Waals surface area contributed by atoms with Crippen LogP contribution < -0.4 is 0 Å². The van der Waals surface area contributed by atoms with Crippen molar-refractivity contribution < 1.29 is 4.92 Å². The zero-order valence-corrected chi connectivity index (χ0v) is 9.18. The second-order valence-corrected chi connectivity index (χ2v) is 3.68. The number of aromatic nitrogens is 1. The van der Waals surface area contributed by atoms with E-state index in [0.29, 0.717) is 0 Å². The molecule has 0 saturated heterocycles. The van der Waals surface area contributed by atoms with E-state index in [0.717, 1.165) is 28.4 Å². The summed E-state index contributed by atoms with van der Waals surface area (Å²) in [5.74, 6) is 0. The summed E-state index contributed by atoms with van der Waals surface area (Å²) >= 11 is 0. The second-order valence-electron chi connectivity index (χ2n) is 3.68. The molecule has 0 atom stereocenters. The van der Waals surface area contributed by atoms with Crippen LogP contribution >= 0.6 is 0 Å². The predicted molar refractivity (Wildman–Crippen MR) is 63.7 cm³/mol. The van der Waals surface area contributed by atoms with Gasteiger partial charge in [0, 0.05) is 35.3 Å². The number of nitro groups is 1. The number of rotatable bonds is 2. The van der Waals surface area contributed by atoms with Crippen molar-refractivity contribution >= 4 is 17.0 Å². The third kappa shape index (κ3) is 1.58. The number of para-hydroxylation sites is 1. The van der Waals surface area contributed by atoms with E-state index >= 15 is 0 Å². The highest BCUT2D eigenvalue weighted by molar-refractivity contribution is 5.91. The summed E-state index contributed by atoms with van der Waals surface area (Å²) in [6, 6.07) is 7.88. The first kappa shape index (κ1) is 10.4. The SMILES string of the molecule is Cc1c(/C=C/[N+](=O)[O-])c2ccccc2n1C. The molecule has 0 unspecified atom stereocenters. The zero-order chi connectivity index (χ0) is 11.7. The van der Waals surface area contributed by atoms with Crippen molar-refractivity contribution in [3.05, 3.63) is 51.8 Å². The lowest BCUT2D eigenvalue weighted by Crippen LogP contribution is -1.90. The lowest BCUT2D eigenvalue weighted by atomic mass is 10.1. The van der Waals surface area contributed by atoms with E-state index in [1.165, 1.54) is 0 Å². The van der Waals surface area contributed by atoms with Gasteiger partial charge in [0.15, 0.2) is 0 Å². The summed E-state index contributed by atoms with van der Waals surface area (Å²) in [6.07, 6.45) is 2.53. The van der Waals surface area contributed by atoms with Gasteiger partial charge in [0.2, 0.25) is 6.20 Å². The molecule has 0 saturated carbocycles. The van der Waals surface area contributed by atoms with E-state index in [1.807, 2.05) is 42.8 Å². The minimum atomic E-state index is -0.443. The summed E-state index contributed by atoms with van der Waals surface area (Å²) in [5.41, 5.74) is 3.03. The molecule has 1 heterocycles. The van der Waals surface area contributed by atoms with Gasteiger partial charge < -0.3 is 4.57 Å². The molecular weight excluding hydrogens is 204 g/mol. The van der Waals surface area contributed by atoms with E-state index in [-0.39, 0.29) is 0 Å². The number of hydrogen-bond acceptors (Lipinski definition) is 2. The molecular formula is C12H12N2O2. The zero-order valence-electron chi connectivity index (χ0n) is 9.18. The molecule has 0 bridgehead atoms. The Morgan fingerprint density at radius 1 is 1.38 bits per heavy atom. The summed E-state index contributed by atoms with van der Waals surface area (Å²) in [5, 5.41) is 11.4. The number of aryl methyl sites for hydroxylation is 1. The molecule has 0 aliphatic heterocycles. The van der Waals surface area contributed by atoms with Gasteiger partial charge in [-0.2, -0.15) is 0 Å². The summed E-state index contributed by atoms with van der Waals surface area (Å²) in [6.45, 7) is 1.96. The molecule has 1 aromatic carbocycles. The lowest BCUT2D eigenvalue weighted by Gasteiger charge is -1.96. The van der Waals surface area contributed by atoms with E-state index in [1.54, 1.807) is 6.08 Å². The van der Waals surface area contributed by atoms with Crippen molar-refractivity contribution in [2.45, 2.75) is 6.92 Å². The van der Waals surface area contributed by atoms with Crippen LogP contribution in [0.25, 0.3) is 17.0 Å². The molecule has 0 amide bonds. The van der Waals surface area contributed by atoms with Crippen LogP contribution in [0.4, 0.5) is 0 Å². The van der Waals surface area contributed by atoms with Crippen LogP contribution in [0, 0.1) is 17.0 Å². The second kappa shape index (κ2) is 3.81. The normalized spacial score (nSPS) is 11.4. The molecule has 16 heavy (non-hydrogen) atoms. The average Bonchev–Trinajstić information content (AvgIpc) is 2.50. The van der Waals surface area contributed by atoms with Gasteiger partial charge in [-0.05, 0) is 13.0 Å². The van der Waals surface area contributed by atoms with Gasteiger partial charge in [0.25, 0.3) is 0 Å². The summed E-state index contributed by atoms with van der Waals surface area (Å²) in [7, 11) is 1.96. The standard InChI is InChI=1S/C12H12N2O2/c1-9-10(7-8-14(15)16)11-5-3-4-6-12(11)13(9)2/h3-8H,1-2H3/b8-7+. The third-order valence-corrected chi connectivity index (χ3v) is 2.81. The number of benzene rings is 1. The highest BCUT2D eigenvalue weighted by atomic mass is 16.6. The largest absolute Gasteiger partial charge is 0.347 e.